The third-order valence-electron chi connectivity index (χ3n) is 8.17. The maximum absolute atomic E-state index is 14.3. The molecule has 0 radical (unpaired) electrons. The zero-order valence-corrected chi connectivity index (χ0v) is 21.0. The molecule has 2 aromatic carbocycles. The highest BCUT2D eigenvalue weighted by molar-refractivity contribution is 5.45. The largest absolute Gasteiger partial charge is 0.207 e. The third kappa shape index (κ3) is 6.72. The number of hydrogen-bond donors (Lipinski definition) is 0. The second-order valence-corrected chi connectivity index (χ2v) is 10.5. The summed E-state index contributed by atoms with van der Waals surface area (Å²) in [7, 11) is 0. The van der Waals surface area contributed by atoms with Crippen LogP contribution in [0.15, 0.2) is 61.2 Å². The van der Waals surface area contributed by atoms with Crippen molar-refractivity contribution in [3.8, 4) is 11.8 Å². The Kier molecular flexibility index (Phi) is 8.97. The second kappa shape index (κ2) is 12.3. The Balaban J connectivity index is 1.34. The first-order valence-corrected chi connectivity index (χ1v) is 13.4. The van der Waals surface area contributed by atoms with Gasteiger partial charge in [0, 0.05) is 16.7 Å². The van der Waals surface area contributed by atoms with Gasteiger partial charge in [-0.2, -0.15) is 0 Å². The maximum atomic E-state index is 14.3. The van der Waals surface area contributed by atoms with E-state index >= 15 is 0 Å². The number of rotatable bonds is 7. The van der Waals surface area contributed by atoms with Gasteiger partial charge in [-0.3, -0.25) is 0 Å². The molecule has 0 spiro atoms. The molecule has 0 aliphatic heterocycles. The minimum atomic E-state index is -0.533. The molecule has 2 fully saturated rings. The lowest BCUT2D eigenvalue weighted by molar-refractivity contribution is 0.115. The molecular weight excluding hydrogens is 434 g/mol. The Morgan fingerprint density at radius 1 is 0.886 bits per heavy atom. The summed E-state index contributed by atoms with van der Waals surface area (Å²) in [4.78, 5) is 0. The van der Waals surface area contributed by atoms with Crippen molar-refractivity contribution in [1.82, 2.24) is 0 Å². The van der Waals surface area contributed by atoms with Crippen LogP contribution in [0.2, 0.25) is 0 Å². The summed E-state index contributed by atoms with van der Waals surface area (Å²) in [6.07, 6.45) is 17.8. The summed E-state index contributed by atoms with van der Waals surface area (Å²) >= 11 is 0. The molecule has 0 saturated heterocycles. The topological polar surface area (TPSA) is 0 Å². The van der Waals surface area contributed by atoms with E-state index in [0.717, 1.165) is 23.3 Å². The molecule has 2 aromatic rings. The summed E-state index contributed by atoms with van der Waals surface area (Å²) in [5.41, 5.74) is 2.76. The van der Waals surface area contributed by atoms with Gasteiger partial charge in [-0.1, -0.05) is 48.6 Å². The summed E-state index contributed by atoms with van der Waals surface area (Å²) in [5, 5.41) is 0. The van der Waals surface area contributed by atoms with Crippen LogP contribution in [0, 0.1) is 41.2 Å². The molecule has 4 rings (SSSR count). The van der Waals surface area contributed by atoms with E-state index < -0.39 is 11.6 Å². The first kappa shape index (κ1) is 25.4. The lowest BCUT2D eigenvalue weighted by Crippen LogP contribution is -2.30. The minimum absolute atomic E-state index is 0.108. The van der Waals surface area contributed by atoms with Crippen molar-refractivity contribution in [3.05, 3.63) is 95.1 Å². The molecule has 4 atom stereocenters. The maximum Gasteiger partial charge on any atom is 0.130 e. The molecule has 0 aromatic heterocycles. The second-order valence-electron chi connectivity index (χ2n) is 10.5. The summed E-state index contributed by atoms with van der Waals surface area (Å²) in [5.74, 6) is 8.31. The molecule has 0 amide bonds. The van der Waals surface area contributed by atoms with Crippen molar-refractivity contribution >= 4 is 0 Å². The molecule has 2 aliphatic rings. The van der Waals surface area contributed by atoms with Gasteiger partial charge in [0.2, 0.25) is 0 Å². The Hall–Kier alpha value is -2.66. The molecule has 2 saturated carbocycles. The van der Waals surface area contributed by atoms with Crippen LogP contribution >= 0.6 is 0 Å². The predicted molar refractivity (Wildman–Crippen MR) is 142 cm³/mol. The van der Waals surface area contributed by atoms with Gasteiger partial charge >= 0.3 is 0 Å². The Labute approximate surface area is 210 Å². The van der Waals surface area contributed by atoms with E-state index in [9.17, 15) is 8.78 Å². The van der Waals surface area contributed by atoms with E-state index in [-0.39, 0.29) is 5.56 Å². The number of halogens is 2. The highest BCUT2D eigenvalue weighted by Gasteiger charge is 2.35. The monoisotopic (exact) mass is 472 g/mol. The lowest BCUT2D eigenvalue weighted by Gasteiger charge is -2.42. The van der Waals surface area contributed by atoms with E-state index in [1.165, 1.54) is 69.1 Å². The van der Waals surface area contributed by atoms with Crippen LogP contribution in [-0.2, 0) is 6.42 Å². The SMILES string of the molecule is C=CCCc1c(F)cc(C#Cc2ccc(C3CCC4CC(CC/C=C/C)CCC4C3)cc2)cc1F. The van der Waals surface area contributed by atoms with Crippen molar-refractivity contribution in [2.75, 3.05) is 0 Å². The standard InChI is InChI=1S/C33H38F2/c1-3-5-7-8-25-14-17-30-23-29(19-18-28(30)20-25)27-15-12-24(13-16-27)10-11-26-21-32(34)31(9-6-4-2)33(35)22-26/h3-5,12-13,15-16,21-22,25,28-30H,2,6-9,14,17-20,23H2,1H3/b5-3+. The smallest absolute Gasteiger partial charge is 0.130 e. The van der Waals surface area contributed by atoms with Gasteiger partial charge in [0.15, 0.2) is 0 Å². The minimum Gasteiger partial charge on any atom is -0.207 e. The van der Waals surface area contributed by atoms with Crippen LogP contribution in [0.25, 0.3) is 0 Å². The third-order valence-corrected chi connectivity index (χ3v) is 8.17. The first-order chi connectivity index (χ1) is 17.1. The molecule has 2 heteroatoms. The van der Waals surface area contributed by atoms with Gasteiger partial charge in [-0.05, 0) is 118 Å². The van der Waals surface area contributed by atoms with Crippen LogP contribution in [0.4, 0.5) is 8.78 Å². The molecule has 2 aliphatic carbocycles. The number of benzene rings is 2. The quantitative estimate of drug-likeness (QED) is 0.278. The fourth-order valence-electron chi connectivity index (χ4n) is 6.19. The van der Waals surface area contributed by atoms with Crippen molar-refractivity contribution in [2.45, 2.75) is 77.0 Å². The van der Waals surface area contributed by atoms with E-state index in [1.807, 2.05) is 0 Å². The van der Waals surface area contributed by atoms with Crippen LogP contribution in [0.3, 0.4) is 0 Å². The predicted octanol–water partition coefficient (Wildman–Crippen LogP) is 9.14. The van der Waals surface area contributed by atoms with E-state index in [2.05, 4.69) is 61.8 Å². The molecule has 0 N–H and O–H groups in total. The first-order valence-electron chi connectivity index (χ1n) is 13.4. The van der Waals surface area contributed by atoms with Gasteiger partial charge < -0.3 is 0 Å². The molecular formula is C33H38F2. The van der Waals surface area contributed by atoms with Crippen LogP contribution in [-0.4, -0.2) is 0 Å². The summed E-state index contributed by atoms with van der Waals surface area (Å²) < 4.78 is 28.6. The van der Waals surface area contributed by atoms with Crippen molar-refractivity contribution in [1.29, 1.82) is 0 Å². The number of fused-ring (bicyclic) bond motifs is 1. The van der Waals surface area contributed by atoms with Crippen LogP contribution in [0.5, 0.6) is 0 Å². The molecule has 184 valence electrons. The van der Waals surface area contributed by atoms with E-state index in [0.29, 0.717) is 24.3 Å². The summed E-state index contributed by atoms with van der Waals surface area (Å²) in [6.45, 7) is 5.73. The Morgan fingerprint density at radius 2 is 1.57 bits per heavy atom. The zero-order chi connectivity index (χ0) is 24.6. The van der Waals surface area contributed by atoms with Crippen molar-refractivity contribution < 1.29 is 8.78 Å². The van der Waals surface area contributed by atoms with Crippen LogP contribution < -0.4 is 0 Å². The summed E-state index contributed by atoms with van der Waals surface area (Å²) in [6, 6.07) is 11.2. The van der Waals surface area contributed by atoms with Gasteiger partial charge in [0.25, 0.3) is 0 Å². The molecule has 0 heterocycles. The fraction of sp³-hybridized carbons (Fsp3) is 0.455. The normalized spacial score (nSPS) is 24.0. The van der Waals surface area contributed by atoms with Crippen LogP contribution in [0.1, 0.15) is 92.9 Å². The average molecular weight is 473 g/mol. The molecule has 35 heavy (non-hydrogen) atoms. The molecule has 4 unspecified atom stereocenters. The Morgan fingerprint density at radius 3 is 2.29 bits per heavy atom. The zero-order valence-electron chi connectivity index (χ0n) is 21.0. The van der Waals surface area contributed by atoms with E-state index in [4.69, 9.17) is 0 Å². The lowest BCUT2D eigenvalue weighted by atomic mass is 9.63. The van der Waals surface area contributed by atoms with Crippen molar-refractivity contribution in [2.24, 2.45) is 17.8 Å². The van der Waals surface area contributed by atoms with Gasteiger partial charge in [0.1, 0.15) is 11.6 Å². The number of allylic oxidation sites excluding steroid dienone is 3. The van der Waals surface area contributed by atoms with E-state index in [1.54, 1.807) is 6.08 Å². The van der Waals surface area contributed by atoms with Gasteiger partial charge in [-0.15, -0.1) is 6.58 Å². The highest BCUT2D eigenvalue weighted by Crippen LogP contribution is 2.48. The van der Waals surface area contributed by atoms with Gasteiger partial charge in [0.05, 0.1) is 0 Å². The number of hydrogen-bond acceptors (Lipinski definition) is 0. The Bertz CT molecular complexity index is 1060. The van der Waals surface area contributed by atoms with Gasteiger partial charge in [-0.25, -0.2) is 8.78 Å². The fourth-order valence-corrected chi connectivity index (χ4v) is 6.19. The van der Waals surface area contributed by atoms with Crippen molar-refractivity contribution in [3.63, 3.8) is 0 Å². The molecule has 0 bridgehead atoms. The highest BCUT2D eigenvalue weighted by atomic mass is 19.1. The molecule has 0 nitrogen and oxygen atoms in total. The average Bonchev–Trinajstić information content (AvgIpc) is 2.87.